The predicted molar refractivity (Wildman–Crippen MR) is 94.0 cm³/mol. The third-order valence-electron chi connectivity index (χ3n) is 3.63. The maximum Gasteiger partial charge on any atom is 0.147 e. The first-order valence-electron chi connectivity index (χ1n) is 7.20. The Kier molecular flexibility index (Phi) is 4.67. The van der Waals surface area contributed by atoms with E-state index in [1.165, 1.54) is 5.56 Å². The molecular weight excluding hydrogens is 356 g/mol. The van der Waals surface area contributed by atoms with E-state index in [2.05, 4.69) is 37.6 Å². The van der Waals surface area contributed by atoms with E-state index in [4.69, 9.17) is 9.47 Å². The Bertz CT molecular complexity index is 775. The molecule has 0 aliphatic heterocycles. The van der Waals surface area contributed by atoms with Crippen molar-refractivity contribution < 1.29 is 9.47 Å². The van der Waals surface area contributed by atoms with Crippen LogP contribution in [-0.2, 0) is 6.54 Å². The molecule has 0 spiro atoms. The van der Waals surface area contributed by atoms with Crippen LogP contribution >= 0.6 is 15.9 Å². The summed E-state index contributed by atoms with van der Waals surface area (Å²) in [5, 5.41) is 0. The van der Waals surface area contributed by atoms with Gasteiger partial charge in [-0.15, -0.1) is 0 Å². The van der Waals surface area contributed by atoms with Crippen LogP contribution in [0.1, 0.15) is 5.56 Å². The van der Waals surface area contributed by atoms with Crippen LogP contribution < -0.4 is 9.47 Å². The maximum atomic E-state index is 5.49. The fourth-order valence-corrected chi connectivity index (χ4v) is 2.79. The molecule has 3 rings (SSSR count). The zero-order valence-corrected chi connectivity index (χ0v) is 14.6. The molecule has 0 unspecified atom stereocenters. The third kappa shape index (κ3) is 3.24. The summed E-state index contributed by atoms with van der Waals surface area (Å²) in [7, 11) is 3.31. The summed E-state index contributed by atoms with van der Waals surface area (Å²) in [5.41, 5.74) is 2.06. The molecule has 0 saturated heterocycles. The molecule has 23 heavy (non-hydrogen) atoms. The molecule has 0 saturated carbocycles. The highest BCUT2D eigenvalue weighted by molar-refractivity contribution is 9.10. The maximum absolute atomic E-state index is 5.49. The Labute approximate surface area is 143 Å². The molecule has 0 N–H and O–H groups in total. The van der Waals surface area contributed by atoms with Crippen molar-refractivity contribution in [3.63, 3.8) is 0 Å². The second-order valence-electron chi connectivity index (χ2n) is 5.04. The Balaban J connectivity index is 2.03. The minimum Gasteiger partial charge on any atom is -0.496 e. The number of rotatable bonds is 5. The highest BCUT2D eigenvalue weighted by atomic mass is 79.9. The third-order valence-corrected chi connectivity index (χ3v) is 4.16. The van der Waals surface area contributed by atoms with E-state index in [-0.39, 0.29) is 0 Å². The van der Waals surface area contributed by atoms with Gasteiger partial charge in [-0.2, -0.15) is 0 Å². The van der Waals surface area contributed by atoms with Crippen LogP contribution in [0.2, 0.25) is 0 Å². The second-order valence-corrected chi connectivity index (χ2v) is 5.96. The van der Waals surface area contributed by atoms with Crippen molar-refractivity contribution in [2.75, 3.05) is 14.2 Å². The van der Waals surface area contributed by atoms with Gasteiger partial charge < -0.3 is 14.0 Å². The van der Waals surface area contributed by atoms with Gasteiger partial charge in [-0.1, -0.05) is 34.1 Å². The normalized spacial score (nSPS) is 10.6. The van der Waals surface area contributed by atoms with Crippen molar-refractivity contribution in [1.29, 1.82) is 0 Å². The number of halogens is 1. The lowest BCUT2D eigenvalue weighted by Crippen LogP contribution is -2.03. The van der Waals surface area contributed by atoms with Gasteiger partial charge in [0.05, 0.1) is 14.2 Å². The van der Waals surface area contributed by atoms with Crippen molar-refractivity contribution >= 4 is 15.9 Å². The molecule has 0 radical (unpaired) electrons. The molecule has 0 aliphatic carbocycles. The average molecular weight is 373 g/mol. The summed E-state index contributed by atoms with van der Waals surface area (Å²) >= 11 is 3.46. The summed E-state index contributed by atoms with van der Waals surface area (Å²) in [5.74, 6) is 2.31. The van der Waals surface area contributed by atoms with E-state index in [1.807, 2.05) is 36.5 Å². The average Bonchev–Trinajstić information content (AvgIpc) is 3.03. The summed E-state index contributed by atoms with van der Waals surface area (Å²) in [6, 6.07) is 14.0. The van der Waals surface area contributed by atoms with E-state index in [9.17, 15) is 0 Å². The van der Waals surface area contributed by atoms with Gasteiger partial charge in [-0.25, -0.2) is 4.98 Å². The van der Waals surface area contributed by atoms with Crippen LogP contribution in [0.25, 0.3) is 11.4 Å². The van der Waals surface area contributed by atoms with Crippen molar-refractivity contribution in [1.82, 2.24) is 9.55 Å². The lowest BCUT2D eigenvalue weighted by atomic mass is 10.1. The largest absolute Gasteiger partial charge is 0.496 e. The summed E-state index contributed by atoms with van der Waals surface area (Å²) in [6.45, 7) is 0.726. The van der Waals surface area contributed by atoms with E-state index in [0.29, 0.717) is 0 Å². The Hall–Kier alpha value is -2.27. The Morgan fingerprint density at radius 2 is 1.65 bits per heavy atom. The molecule has 0 amide bonds. The van der Waals surface area contributed by atoms with E-state index in [1.54, 1.807) is 20.4 Å². The topological polar surface area (TPSA) is 36.3 Å². The molecular formula is C18H17BrN2O2. The number of aromatic nitrogens is 2. The molecule has 4 nitrogen and oxygen atoms in total. The summed E-state index contributed by atoms with van der Waals surface area (Å²) in [6.07, 6.45) is 3.75. The van der Waals surface area contributed by atoms with Crippen molar-refractivity contribution in [3.8, 4) is 22.9 Å². The first kappa shape index (κ1) is 15.6. The molecule has 2 aromatic carbocycles. The Morgan fingerprint density at radius 3 is 2.26 bits per heavy atom. The second kappa shape index (κ2) is 6.87. The van der Waals surface area contributed by atoms with Gasteiger partial charge >= 0.3 is 0 Å². The van der Waals surface area contributed by atoms with Crippen molar-refractivity contribution in [3.05, 3.63) is 64.9 Å². The Morgan fingerprint density at radius 1 is 1.00 bits per heavy atom. The number of ether oxygens (including phenoxy) is 2. The number of methoxy groups -OCH3 is 2. The minimum atomic E-state index is 0.726. The van der Waals surface area contributed by atoms with Crippen LogP contribution in [-0.4, -0.2) is 23.8 Å². The fourth-order valence-electron chi connectivity index (χ4n) is 2.52. The summed E-state index contributed by atoms with van der Waals surface area (Å²) < 4.78 is 14.1. The molecule has 0 fully saturated rings. The smallest absolute Gasteiger partial charge is 0.147 e. The monoisotopic (exact) mass is 372 g/mol. The molecule has 3 aromatic rings. The number of benzene rings is 2. The fraction of sp³-hybridized carbons (Fsp3) is 0.167. The molecule has 5 heteroatoms. The highest BCUT2D eigenvalue weighted by Crippen LogP contribution is 2.37. The molecule has 0 aliphatic rings. The van der Waals surface area contributed by atoms with Gasteiger partial charge in [-0.3, -0.25) is 0 Å². The highest BCUT2D eigenvalue weighted by Gasteiger charge is 2.17. The standard InChI is InChI=1S/C18H17BrN2O2/c1-22-15-4-3-5-16(23-2)17(15)18-20-10-11-21(18)12-13-6-8-14(19)9-7-13/h3-11H,12H2,1-2H3. The summed E-state index contributed by atoms with van der Waals surface area (Å²) in [4.78, 5) is 4.51. The lowest BCUT2D eigenvalue weighted by Gasteiger charge is -2.14. The van der Waals surface area contributed by atoms with Gasteiger partial charge in [-0.05, 0) is 29.8 Å². The molecule has 1 heterocycles. The zero-order valence-electron chi connectivity index (χ0n) is 13.0. The molecule has 1 aromatic heterocycles. The SMILES string of the molecule is COc1cccc(OC)c1-c1nccn1Cc1ccc(Br)cc1. The van der Waals surface area contributed by atoms with Crippen molar-refractivity contribution in [2.24, 2.45) is 0 Å². The van der Waals surface area contributed by atoms with Crippen molar-refractivity contribution in [2.45, 2.75) is 6.54 Å². The number of hydrogen-bond acceptors (Lipinski definition) is 3. The molecule has 0 bridgehead atoms. The van der Waals surface area contributed by atoms with E-state index < -0.39 is 0 Å². The molecule has 0 atom stereocenters. The first-order chi connectivity index (χ1) is 11.2. The van der Waals surface area contributed by atoms with Gasteiger partial charge in [0.1, 0.15) is 22.9 Å². The van der Waals surface area contributed by atoms with Crippen LogP contribution in [0, 0.1) is 0 Å². The predicted octanol–water partition coefficient (Wildman–Crippen LogP) is 4.38. The van der Waals surface area contributed by atoms with Gasteiger partial charge in [0.25, 0.3) is 0 Å². The van der Waals surface area contributed by atoms with Crippen LogP contribution in [0.3, 0.4) is 0 Å². The molecule has 118 valence electrons. The number of hydrogen-bond donors (Lipinski definition) is 0. The number of imidazole rings is 1. The zero-order chi connectivity index (χ0) is 16.2. The van der Waals surface area contributed by atoms with Gasteiger partial charge in [0.2, 0.25) is 0 Å². The first-order valence-corrected chi connectivity index (χ1v) is 7.99. The number of nitrogens with zero attached hydrogens (tertiary/aromatic N) is 2. The quantitative estimate of drug-likeness (QED) is 0.666. The van der Waals surface area contributed by atoms with Gasteiger partial charge in [0, 0.05) is 23.4 Å². The van der Waals surface area contributed by atoms with E-state index in [0.717, 1.165) is 33.9 Å². The lowest BCUT2D eigenvalue weighted by molar-refractivity contribution is 0.396. The minimum absolute atomic E-state index is 0.726. The van der Waals surface area contributed by atoms with Gasteiger partial charge in [0.15, 0.2) is 0 Å². The van der Waals surface area contributed by atoms with Crippen LogP contribution in [0.5, 0.6) is 11.5 Å². The van der Waals surface area contributed by atoms with E-state index >= 15 is 0 Å². The van der Waals surface area contributed by atoms with Crippen LogP contribution in [0.4, 0.5) is 0 Å². The van der Waals surface area contributed by atoms with Crippen LogP contribution in [0.15, 0.2) is 59.3 Å².